The summed E-state index contributed by atoms with van der Waals surface area (Å²) in [4.78, 5) is 24.2. The van der Waals surface area contributed by atoms with Crippen LogP contribution in [-0.2, 0) is 4.79 Å². The number of benzene rings is 2. The van der Waals surface area contributed by atoms with Crippen molar-refractivity contribution in [1.29, 1.82) is 0 Å². The van der Waals surface area contributed by atoms with Gasteiger partial charge in [0.25, 0.3) is 0 Å². The molecule has 0 aliphatic heterocycles. The zero-order chi connectivity index (χ0) is 16.2. The van der Waals surface area contributed by atoms with Gasteiger partial charge in [-0.2, -0.15) is 0 Å². The molecule has 1 heterocycles. The van der Waals surface area contributed by atoms with Crippen LogP contribution in [0.15, 0.2) is 74.6 Å². The number of amides is 1. The van der Waals surface area contributed by atoms with E-state index in [1.165, 1.54) is 18.4 Å². The highest BCUT2D eigenvalue weighted by atomic mass is 79.9. The Hall–Kier alpha value is -2.66. The number of hydrogen-bond donors (Lipinski definition) is 1. The normalized spacial score (nSPS) is 11.0. The Morgan fingerprint density at radius 2 is 1.96 bits per heavy atom. The maximum atomic E-state index is 12.3. The first-order valence-electron chi connectivity index (χ1n) is 6.89. The van der Waals surface area contributed by atoms with Crippen LogP contribution in [0.5, 0.6) is 0 Å². The molecule has 0 fully saturated rings. The highest BCUT2D eigenvalue weighted by Gasteiger charge is 2.04. The van der Waals surface area contributed by atoms with E-state index >= 15 is 0 Å². The van der Waals surface area contributed by atoms with Gasteiger partial charge in [-0.3, -0.25) is 9.59 Å². The van der Waals surface area contributed by atoms with Crippen molar-refractivity contribution in [1.82, 2.24) is 0 Å². The average Bonchev–Trinajstić information content (AvgIpc) is 2.54. The number of carbonyl (C=O) groups excluding carboxylic acids is 1. The van der Waals surface area contributed by atoms with Gasteiger partial charge < -0.3 is 9.73 Å². The van der Waals surface area contributed by atoms with Gasteiger partial charge in [-0.1, -0.05) is 34.1 Å². The predicted molar refractivity (Wildman–Crippen MR) is 94.3 cm³/mol. The first kappa shape index (κ1) is 15.2. The molecule has 3 rings (SSSR count). The van der Waals surface area contributed by atoms with E-state index in [2.05, 4.69) is 21.2 Å². The molecule has 23 heavy (non-hydrogen) atoms. The largest absolute Gasteiger partial charge is 0.463 e. The molecule has 1 N–H and O–H groups in total. The average molecular weight is 370 g/mol. The summed E-state index contributed by atoms with van der Waals surface area (Å²) in [5.41, 5.74) is 1.35. The van der Waals surface area contributed by atoms with Gasteiger partial charge in [0.1, 0.15) is 11.8 Å². The zero-order valence-corrected chi connectivity index (χ0v) is 13.5. The number of rotatable bonds is 3. The summed E-state index contributed by atoms with van der Waals surface area (Å²) >= 11 is 3.34. The van der Waals surface area contributed by atoms with Crippen molar-refractivity contribution in [3.8, 4) is 0 Å². The van der Waals surface area contributed by atoms with Gasteiger partial charge in [-0.25, -0.2) is 0 Å². The van der Waals surface area contributed by atoms with Crippen LogP contribution in [0.4, 0.5) is 5.69 Å². The molecule has 0 spiro atoms. The molecule has 0 saturated carbocycles. The van der Waals surface area contributed by atoms with Crippen LogP contribution in [0.3, 0.4) is 0 Å². The number of nitrogens with one attached hydrogen (secondary N) is 1. The van der Waals surface area contributed by atoms with Crippen LogP contribution in [0.2, 0.25) is 0 Å². The zero-order valence-electron chi connectivity index (χ0n) is 12.0. The Kier molecular flexibility index (Phi) is 4.39. The second kappa shape index (κ2) is 6.62. The van der Waals surface area contributed by atoms with Crippen LogP contribution in [0, 0.1) is 0 Å². The molecule has 0 bridgehead atoms. The summed E-state index contributed by atoms with van der Waals surface area (Å²) in [6, 6.07) is 14.2. The van der Waals surface area contributed by atoms with E-state index in [0.29, 0.717) is 22.2 Å². The number of para-hydroxylation sites is 1. The van der Waals surface area contributed by atoms with Crippen molar-refractivity contribution in [2.75, 3.05) is 5.32 Å². The number of hydrogen-bond acceptors (Lipinski definition) is 3. The molecule has 4 nitrogen and oxygen atoms in total. The third kappa shape index (κ3) is 3.57. The van der Waals surface area contributed by atoms with Crippen molar-refractivity contribution in [2.45, 2.75) is 0 Å². The minimum absolute atomic E-state index is 0.168. The highest BCUT2D eigenvalue weighted by molar-refractivity contribution is 9.10. The molecule has 0 saturated heterocycles. The molecule has 0 atom stereocenters. The van der Waals surface area contributed by atoms with E-state index in [-0.39, 0.29) is 11.3 Å². The van der Waals surface area contributed by atoms with Gasteiger partial charge in [0.2, 0.25) is 5.91 Å². The molecule has 114 valence electrons. The smallest absolute Gasteiger partial charge is 0.248 e. The van der Waals surface area contributed by atoms with Crippen molar-refractivity contribution in [3.05, 3.63) is 81.1 Å². The lowest BCUT2D eigenvalue weighted by Crippen LogP contribution is -2.09. The fraction of sp³-hybridized carbons (Fsp3) is 0. The van der Waals surface area contributed by atoms with Gasteiger partial charge in [-0.15, -0.1) is 0 Å². The van der Waals surface area contributed by atoms with Crippen LogP contribution in [-0.4, -0.2) is 5.91 Å². The second-order valence-corrected chi connectivity index (χ2v) is 5.76. The molecular formula is C18H12BrNO3. The summed E-state index contributed by atoms with van der Waals surface area (Å²) in [5, 5.41) is 3.21. The molecule has 1 aromatic heterocycles. The number of fused-ring (bicyclic) bond motifs is 1. The third-order valence-corrected chi connectivity index (χ3v) is 3.71. The molecule has 0 unspecified atom stereocenters. The molecular weight excluding hydrogens is 358 g/mol. The number of halogens is 1. The first-order valence-corrected chi connectivity index (χ1v) is 7.68. The number of anilines is 1. The van der Waals surface area contributed by atoms with Crippen molar-refractivity contribution in [3.63, 3.8) is 0 Å². The molecule has 1 amide bonds. The predicted octanol–water partition coefficient (Wildman–Crippen LogP) is 4.21. The third-order valence-electron chi connectivity index (χ3n) is 3.21. The lowest BCUT2D eigenvalue weighted by Gasteiger charge is -2.02. The molecule has 5 heteroatoms. The van der Waals surface area contributed by atoms with Gasteiger partial charge in [-0.05, 0) is 36.4 Å². The highest BCUT2D eigenvalue weighted by Crippen LogP contribution is 2.16. The second-order valence-electron chi connectivity index (χ2n) is 4.85. The first-order chi connectivity index (χ1) is 11.1. The summed E-state index contributed by atoms with van der Waals surface area (Å²) in [5.74, 6) is -0.323. The molecule has 0 aliphatic rings. The summed E-state index contributed by atoms with van der Waals surface area (Å²) in [6.45, 7) is 0. The van der Waals surface area contributed by atoms with Gasteiger partial charge in [0.05, 0.1) is 10.9 Å². The van der Waals surface area contributed by atoms with Crippen LogP contribution < -0.4 is 10.7 Å². The van der Waals surface area contributed by atoms with E-state index in [0.717, 1.165) is 4.47 Å². The monoisotopic (exact) mass is 369 g/mol. The van der Waals surface area contributed by atoms with E-state index < -0.39 is 0 Å². The van der Waals surface area contributed by atoms with E-state index in [1.807, 2.05) is 12.1 Å². The SMILES string of the molecule is O=C(/C=C/c1coc2ccccc2c1=O)Nc1cccc(Br)c1. The topological polar surface area (TPSA) is 59.3 Å². The lowest BCUT2D eigenvalue weighted by molar-refractivity contribution is -0.111. The van der Waals surface area contributed by atoms with Gasteiger partial charge >= 0.3 is 0 Å². The maximum absolute atomic E-state index is 12.3. The summed E-state index contributed by atoms with van der Waals surface area (Å²) in [6.07, 6.45) is 4.11. The Morgan fingerprint density at radius 3 is 2.78 bits per heavy atom. The quantitative estimate of drug-likeness (QED) is 0.703. The van der Waals surface area contributed by atoms with Gasteiger partial charge in [0, 0.05) is 16.2 Å². The Morgan fingerprint density at radius 1 is 1.13 bits per heavy atom. The van der Waals surface area contributed by atoms with Crippen molar-refractivity contribution >= 4 is 44.6 Å². The lowest BCUT2D eigenvalue weighted by atomic mass is 10.1. The van der Waals surface area contributed by atoms with Crippen LogP contribution in [0.1, 0.15) is 5.56 Å². The van der Waals surface area contributed by atoms with Crippen molar-refractivity contribution < 1.29 is 9.21 Å². The maximum Gasteiger partial charge on any atom is 0.248 e. The molecule has 0 aliphatic carbocycles. The van der Waals surface area contributed by atoms with E-state index in [1.54, 1.807) is 36.4 Å². The Balaban J connectivity index is 1.81. The number of carbonyl (C=O) groups is 1. The fourth-order valence-corrected chi connectivity index (χ4v) is 2.52. The summed E-state index contributed by atoms with van der Waals surface area (Å²) < 4.78 is 6.27. The molecule has 0 radical (unpaired) electrons. The molecule has 2 aromatic carbocycles. The fourth-order valence-electron chi connectivity index (χ4n) is 2.12. The molecule has 3 aromatic rings. The summed E-state index contributed by atoms with van der Waals surface area (Å²) in [7, 11) is 0. The minimum atomic E-state index is -0.323. The Bertz CT molecular complexity index is 960. The van der Waals surface area contributed by atoms with E-state index in [4.69, 9.17) is 4.42 Å². The van der Waals surface area contributed by atoms with Crippen LogP contribution >= 0.6 is 15.9 Å². The van der Waals surface area contributed by atoms with Crippen LogP contribution in [0.25, 0.3) is 17.0 Å². The van der Waals surface area contributed by atoms with Crippen molar-refractivity contribution in [2.24, 2.45) is 0 Å². The minimum Gasteiger partial charge on any atom is -0.463 e. The Labute approximate surface area is 140 Å². The standard InChI is InChI=1S/C18H12BrNO3/c19-13-4-3-5-14(10-13)20-17(21)9-8-12-11-23-16-7-2-1-6-15(16)18(12)22/h1-11H,(H,20,21)/b9-8+. The van der Waals surface area contributed by atoms with E-state index in [9.17, 15) is 9.59 Å². The van der Waals surface area contributed by atoms with Gasteiger partial charge in [0.15, 0.2) is 5.43 Å².